The smallest absolute Gasteiger partial charge is 0.275 e. The fourth-order valence-electron chi connectivity index (χ4n) is 4.90. The van der Waals surface area contributed by atoms with Crippen LogP contribution in [0, 0.1) is 13.8 Å². The van der Waals surface area contributed by atoms with E-state index in [1.54, 1.807) is 23.3 Å². The van der Waals surface area contributed by atoms with Gasteiger partial charge in [0, 0.05) is 23.2 Å². The molecule has 34 heavy (non-hydrogen) atoms. The van der Waals surface area contributed by atoms with Crippen molar-refractivity contribution >= 4 is 39.1 Å². The first-order chi connectivity index (χ1) is 16.3. The minimum absolute atomic E-state index is 0.172. The Hall–Kier alpha value is -3.58. The number of hydrogen-bond acceptors (Lipinski definition) is 4. The van der Waals surface area contributed by atoms with Crippen molar-refractivity contribution in [1.29, 1.82) is 0 Å². The number of hydrogen-bond donors (Lipinski definition) is 1. The highest BCUT2D eigenvalue weighted by Gasteiger charge is 2.48. The summed E-state index contributed by atoms with van der Waals surface area (Å²) >= 11 is 1.58. The maximum atomic E-state index is 13.9. The third kappa shape index (κ3) is 3.56. The Balaban J connectivity index is 1.58. The highest BCUT2D eigenvalue weighted by molar-refractivity contribution is 7.16. The molecule has 1 unspecified atom stereocenters. The van der Waals surface area contributed by atoms with Gasteiger partial charge in [-0.1, -0.05) is 24.3 Å². The minimum atomic E-state index is -1.12. The van der Waals surface area contributed by atoms with Crippen molar-refractivity contribution < 1.29 is 14.3 Å². The number of fused-ring (bicyclic) bond motifs is 3. The molecule has 2 amide bonds. The molecule has 174 valence electrons. The van der Waals surface area contributed by atoms with Crippen molar-refractivity contribution in [1.82, 2.24) is 9.88 Å². The van der Waals surface area contributed by atoms with Gasteiger partial charge in [0.15, 0.2) is 0 Å². The van der Waals surface area contributed by atoms with E-state index < -0.39 is 5.54 Å². The zero-order valence-corrected chi connectivity index (χ0v) is 20.5. The van der Waals surface area contributed by atoms with E-state index in [-0.39, 0.29) is 11.8 Å². The second kappa shape index (κ2) is 8.33. The fraction of sp³-hybridized carbons (Fsp3) is 0.259. The number of amides is 2. The van der Waals surface area contributed by atoms with E-state index in [9.17, 15) is 9.59 Å². The number of rotatable bonds is 5. The van der Waals surface area contributed by atoms with E-state index in [0.29, 0.717) is 24.5 Å². The summed E-state index contributed by atoms with van der Waals surface area (Å²) in [5.74, 6) is 0.330. The maximum Gasteiger partial charge on any atom is 0.275 e. The lowest BCUT2D eigenvalue weighted by Gasteiger charge is -2.44. The summed E-state index contributed by atoms with van der Waals surface area (Å²) < 4.78 is 7.43. The first-order valence-electron chi connectivity index (χ1n) is 11.2. The molecule has 2 aromatic carbocycles. The van der Waals surface area contributed by atoms with Gasteiger partial charge in [-0.05, 0) is 67.6 Å². The number of carbonyl (C=O) groups is 2. The molecule has 0 aliphatic carbocycles. The summed E-state index contributed by atoms with van der Waals surface area (Å²) in [5, 5.41) is 6.11. The van der Waals surface area contributed by atoms with Crippen LogP contribution in [0.5, 0.6) is 5.75 Å². The number of benzene rings is 2. The lowest BCUT2D eigenvalue weighted by atomic mass is 9.93. The minimum Gasteiger partial charge on any atom is -0.496 e. The van der Waals surface area contributed by atoms with E-state index >= 15 is 0 Å². The first kappa shape index (κ1) is 22.2. The fourth-order valence-corrected chi connectivity index (χ4v) is 5.79. The predicted molar refractivity (Wildman–Crippen MR) is 136 cm³/mol. The molecule has 1 atom stereocenters. The van der Waals surface area contributed by atoms with Gasteiger partial charge >= 0.3 is 0 Å². The molecule has 4 aromatic rings. The molecular weight excluding hydrogens is 446 g/mol. The largest absolute Gasteiger partial charge is 0.496 e. The number of carbonyl (C=O) groups excluding carboxylic acids is 2. The van der Waals surface area contributed by atoms with Crippen molar-refractivity contribution in [2.45, 2.75) is 39.4 Å². The topological polar surface area (TPSA) is 63.6 Å². The summed E-state index contributed by atoms with van der Waals surface area (Å²) in [5.41, 5.74) is 3.18. The van der Waals surface area contributed by atoms with Gasteiger partial charge in [-0.3, -0.25) is 14.5 Å². The molecule has 0 saturated carbocycles. The Morgan fingerprint density at radius 3 is 2.59 bits per heavy atom. The van der Waals surface area contributed by atoms with Crippen LogP contribution in [0.4, 0.5) is 5.69 Å². The van der Waals surface area contributed by atoms with Crippen molar-refractivity contribution in [3.63, 3.8) is 0 Å². The Kier molecular flexibility index (Phi) is 5.44. The summed E-state index contributed by atoms with van der Waals surface area (Å²) in [4.78, 5) is 30.4. The lowest BCUT2D eigenvalue weighted by Crippen LogP contribution is -2.64. The van der Waals surface area contributed by atoms with Gasteiger partial charge in [0.05, 0.1) is 13.7 Å². The van der Waals surface area contributed by atoms with Gasteiger partial charge < -0.3 is 14.6 Å². The average Bonchev–Trinajstić information content (AvgIpc) is 3.39. The van der Waals surface area contributed by atoms with Gasteiger partial charge in [-0.25, -0.2) is 0 Å². The Bertz CT molecular complexity index is 1400. The quantitative estimate of drug-likeness (QED) is 0.441. The van der Waals surface area contributed by atoms with Crippen LogP contribution in [0.25, 0.3) is 10.2 Å². The van der Waals surface area contributed by atoms with Crippen LogP contribution in [-0.2, 0) is 17.9 Å². The number of aromatic nitrogens is 1. The third-order valence-corrected chi connectivity index (χ3v) is 7.42. The number of ether oxygens (including phenoxy) is 1. The Labute approximate surface area is 202 Å². The molecule has 5 rings (SSSR count). The van der Waals surface area contributed by atoms with E-state index in [1.807, 2.05) is 79.2 Å². The van der Waals surface area contributed by atoms with E-state index in [1.165, 1.54) is 0 Å². The Morgan fingerprint density at radius 1 is 1.12 bits per heavy atom. The van der Waals surface area contributed by atoms with E-state index in [0.717, 1.165) is 32.6 Å². The van der Waals surface area contributed by atoms with Gasteiger partial charge in [0.1, 0.15) is 21.8 Å². The number of para-hydroxylation sites is 1. The molecular formula is C27H27N3O3S. The van der Waals surface area contributed by atoms with Crippen LogP contribution >= 0.6 is 11.3 Å². The zero-order chi connectivity index (χ0) is 24.0. The van der Waals surface area contributed by atoms with Crippen molar-refractivity contribution in [3.8, 4) is 5.75 Å². The number of nitrogens with one attached hydrogen (secondary N) is 1. The molecule has 1 aliphatic heterocycles. The van der Waals surface area contributed by atoms with Gasteiger partial charge in [0.25, 0.3) is 5.91 Å². The molecule has 1 N–H and O–H groups in total. The molecule has 0 radical (unpaired) electrons. The van der Waals surface area contributed by atoms with Crippen LogP contribution in [0.2, 0.25) is 0 Å². The SMILES string of the molecule is COc1ccccc1CNC(=O)C1(C)Cn2c(cc3ccsc32)C(=O)N1c1cc(C)cc(C)c1. The molecule has 0 spiro atoms. The second-order valence-electron chi connectivity index (χ2n) is 9.05. The standard InChI is InChI=1S/C27H27N3O3S/c1-17-11-18(2)13-21(12-17)30-24(31)22-14-19-9-10-34-25(19)29(22)16-27(30,3)26(32)28-15-20-7-5-6-8-23(20)33-4/h5-14H,15-16H2,1-4H3,(H,28,32). The summed E-state index contributed by atoms with van der Waals surface area (Å²) in [6.07, 6.45) is 0. The molecule has 0 bridgehead atoms. The van der Waals surface area contributed by atoms with Gasteiger partial charge in [0.2, 0.25) is 5.91 Å². The lowest BCUT2D eigenvalue weighted by molar-refractivity contribution is -0.126. The van der Waals surface area contributed by atoms with E-state index in [4.69, 9.17) is 4.74 Å². The number of aryl methyl sites for hydroxylation is 2. The molecule has 3 heterocycles. The second-order valence-corrected chi connectivity index (χ2v) is 9.95. The zero-order valence-electron chi connectivity index (χ0n) is 19.7. The number of thiophene rings is 1. The van der Waals surface area contributed by atoms with Crippen LogP contribution in [0.15, 0.2) is 60.0 Å². The molecule has 0 saturated heterocycles. The highest BCUT2D eigenvalue weighted by Crippen LogP contribution is 2.38. The number of anilines is 1. The third-order valence-electron chi connectivity index (χ3n) is 6.47. The average molecular weight is 474 g/mol. The van der Waals surface area contributed by atoms with Gasteiger partial charge in [-0.15, -0.1) is 11.3 Å². The maximum absolute atomic E-state index is 13.9. The van der Waals surface area contributed by atoms with Crippen LogP contribution in [-0.4, -0.2) is 29.0 Å². The molecule has 7 heteroatoms. The molecule has 2 aromatic heterocycles. The molecule has 6 nitrogen and oxygen atoms in total. The summed E-state index contributed by atoms with van der Waals surface area (Å²) in [6.45, 7) is 6.52. The van der Waals surface area contributed by atoms with E-state index in [2.05, 4.69) is 11.4 Å². The van der Waals surface area contributed by atoms with Crippen molar-refractivity contribution in [2.24, 2.45) is 0 Å². The Morgan fingerprint density at radius 2 is 1.85 bits per heavy atom. The predicted octanol–water partition coefficient (Wildman–Crippen LogP) is 5.06. The van der Waals surface area contributed by atoms with Crippen LogP contribution < -0.4 is 15.0 Å². The first-order valence-corrected chi connectivity index (χ1v) is 12.1. The number of methoxy groups -OCH3 is 1. The number of nitrogens with zero attached hydrogens (tertiary/aromatic N) is 2. The normalized spacial score (nSPS) is 17.6. The monoisotopic (exact) mass is 473 g/mol. The van der Waals surface area contributed by atoms with Crippen molar-refractivity contribution in [2.75, 3.05) is 12.0 Å². The highest BCUT2D eigenvalue weighted by atomic mass is 32.1. The van der Waals surface area contributed by atoms with Crippen LogP contribution in [0.1, 0.15) is 34.1 Å². The molecule has 0 fully saturated rings. The molecule has 1 aliphatic rings. The summed E-state index contributed by atoms with van der Waals surface area (Å²) in [7, 11) is 1.61. The summed E-state index contributed by atoms with van der Waals surface area (Å²) in [6, 6.07) is 17.5. The van der Waals surface area contributed by atoms with Crippen molar-refractivity contribution in [3.05, 3.63) is 82.4 Å². The van der Waals surface area contributed by atoms with Crippen LogP contribution in [0.3, 0.4) is 0 Å². The van der Waals surface area contributed by atoms with Gasteiger partial charge in [-0.2, -0.15) is 0 Å².